The normalized spacial score (nSPS) is 15.1. The lowest BCUT2D eigenvalue weighted by atomic mass is 10.0. The SMILES string of the molecule is CC(C)[C@H](Oc1ccccc1)[C@H](C)OC(=O)[C@@H](C)CC(=O)OC(C)(C)C. The van der Waals surface area contributed by atoms with Gasteiger partial charge in [0.25, 0.3) is 0 Å². The van der Waals surface area contributed by atoms with Crippen molar-refractivity contribution >= 4 is 11.9 Å². The molecule has 146 valence electrons. The summed E-state index contributed by atoms with van der Waals surface area (Å²) in [5, 5.41) is 0. The molecule has 0 spiro atoms. The van der Waals surface area contributed by atoms with Gasteiger partial charge >= 0.3 is 11.9 Å². The van der Waals surface area contributed by atoms with Gasteiger partial charge in [0.1, 0.15) is 23.6 Å². The van der Waals surface area contributed by atoms with Crippen LogP contribution in [0.15, 0.2) is 30.3 Å². The third-order valence-corrected chi connectivity index (χ3v) is 3.73. The summed E-state index contributed by atoms with van der Waals surface area (Å²) < 4.78 is 16.8. The molecule has 5 nitrogen and oxygen atoms in total. The summed E-state index contributed by atoms with van der Waals surface area (Å²) in [6.45, 7) is 12.9. The van der Waals surface area contributed by atoms with Crippen LogP contribution in [-0.4, -0.2) is 29.7 Å². The molecule has 0 unspecified atom stereocenters. The van der Waals surface area contributed by atoms with Gasteiger partial charge in [-0.05, 0) is 45.7 Å². The topological polar surface area (TPSA) is 61.8 Å². The Morgan fingerprint density at radius 1 is 1.00 bits per heavy atom. The first kappa shape index (κ1) is 22.0. The van der Waals surface area contributed by atoms with Crippen LogP contribution in [0.3, 0.4) is 0 Å². The number of hydrogen-bond acceptors (Lipinski definition) is 5. The Morgan fingerprint density at radius 3 is 2.08 bits per heavy atom. The molecule has 0 aliphatic rings. The predicted octanol–water partition coefficient (Wildman–Crippen LogP) is 4.39. The van der Waals surface area contributed by atoms with Crippen molar-refractivity contribution in [3.8, 4) is 5.75 Å². The molecular formula is C21H32O5. The van der Waals surface area contributed by atoms with Gasteiger partial charge in [-0.3, -0.25) is 9.59 Å². The van der Waals surface area contributed by atoms with E-state index >= 15 is 0 Å². The van der Waals surface area contributed by atoms with Crippen molar-refractivity contribution in [1.29, 1.82) is 0 Å². The van der Waals surface area contributed by atoms with Crippen LogP contribution in [-0.2, 0) is 19.1 Å². The Balaban J connectivity index is 2.63. The summed E-state index contributed by atoms with van der Waals surface area (Å²) >= 11 is 0. The monoisotopic (exact) mass is 364 g/mol. The third kappa shape index (κ3) is 7.89. The summed E-state index contributed by atoms with van der Waals surface area (Å²) in [5.74, 6) is -0.520. The molecule has 0 saturated heterocycles. The number of benzene rings is 1. The van der Waals surface area contributed by atoms with Crippen molar-refractivity contribution in [2.24, 2.45) is 11.8 Å². The Labute approximate surface area is 157 Å². The van der Waals surface area contributed by atoms with Crippen LogP contribution in [0.25, 0.3) is 0 Å². The Hall–Kier alpha value is -2.04. The first-order chi connectivity index (χ1) is 12.0. The maximum absolute atomic E-state index is 12.3. The van der Waals surface area contributed by atoms with Crippen molar-refractivity contribution in [1.82, 2.24) is 0 Å². The van der Waals surface area contributed by atoms with E-state index in [-0.39, 0.29) is 18.4 Å². The largest absolute Gasteiger partial charge is 0.486 e. The molecule has 0 amide bonds. The average Bonchev–Trinajstić information content (AvgIpc) is 2.51. The molecule has 1 rings (SSSR count). The molecule has 1 aromatic rings. The summed E-state index contributed by atoms with van der Waals surface area (Å²) in [6, 6.07) is 9.45. The Morgan fingerprint density at radius 2 is 1.58 bits per heavy atom. The van der Waals surface area contributed by atoms with Crippen molar-refractivity contribution in [2.75, 3.05) is 0 Å². The molecule has 3 atom stereocenters. The molecule has 0 radical (unpaired) electrons. The number of ether oxygens (including phenoxy) is 3. The first-order valence-electron chi connectivity index (χ1n) is 9.13. The van der Waals surface area contributed by atoms with Gasteiger partial charge in [-0.1, -0.05) is 39.0 Å². The van der Waals surface area contributed by atoms with E-state index in [4.69, 9.17) is 14.2 Å². The van der Waals surface area contributed by atoms with Crippen LogP contribution < -0.4 is 4.74 Å². The molecule has 5 heteroatoms. The van der Waals surface area contributed by atoms with E-state index in [2.05, 4.69) is 0 Å². The summed E-state index contributed by atoms with van der Waals surface area (Å²) in [4.78, 5) is 24.2. The van der Waals surface area contributed by atoms with Crippen LogP contribution >= 0.6 is 0 Å². The smallest absolute Gasteiger partial charge is 0.309 e. The minimum Gasteiger partial charge on any atom is -0.486 e. The van der Waals surface area contributed by atoms with Gasteiger partial charge in [-0.2, -0.15) is 0 Å². The number of carbonyl (C=O) groups is 2. The number of esters is 2. The van der Waals surface area contributed by atoms with Gasteiger partial charge in [-0.15, -0.1) is 0 Å². The lowest BCUT2D eigenvalue weighted by molar-refractivity contribution is -0.165. The average molecular weight is 364 g/mol. The van der Waals surface area contributed by atoms with Gasteiger partial charge in [0.05, 0.1) is 12.3 Å². The number of carbonyl (C=O) groups excluding carboxylic acids is 2. The van der Waals surface area contributed by atoms with Crippen LogP contribution in [0.5, 0.6) is 5.75 Å². The molecule has 0 aliphatic heterocycles. The zero-order valence-corrected chi connectivity index (χ0v) is 16.9. The van der Waals surface area contributed by atoms with Crippen molar-refractivity contribution in [3.63, 3.8) is 0 Å². The maximum Gasteiger partial charge on any atom is 0.309 e. The highest BCUT2D eigenvalue weighted by Crippen LogP contribution is 2.21. The van der Waals surface area contributed by atoms with E-state index in [1.165, 1.54) is 0 Å². The van der Waals surface area contributed by atoms with E-state index in [0.717, 1.165) is 5.75 Å². The molecule has 0 heterocycles. The van der Waals surface area contributed by atoms with Crippen molar-refractivity contribution in [2.45, 2.75) is 72.7 Å². The van der Waals surface area contributed by atoms with Gasteiger partial charge in [-0.25, -0.2) is 0 Å². The van der Waals surface area contributed by atoms with E-state index in [1.807, 2.05) is 51.1 Å². The summed E-state index contributed by atoms with van der Waals surface area (Å²) in [6.07, 6.45) is -0.729. The van der Waals surface area contributed by atoms with E-state index in [0.29, 0.717) is 0 Å². The highest BCUT2D eigenvalue weighted by atomic mass is 16.6. The second kappa shape index (κ2) is 9.60. The van der Waals surface area contributed by atoms with Gasteiger partial charge < -0.3 is 14.2 Å². The predicted molar refractivity (Wildman–Crippen MR) is 101 cm³/mol. The molecule has 1 aromatic carbocycles. The highest BCUT2D eigenvalue weighted by Gasteiger charge is 2.29. The molecule has 26 heavy (non-hydrogen) atoms. The van der Waals surface area contributed by atoms with Gasteiger partial charge in [0, 0.05) is 0 Å². The Kier molecular flexibility index (Phi) is 8.12. The molecule has 0 aliphatic carbocycles. The second-order valence-corrected chi connectivity index (χ2v) is 7.97. The quantitative estimate of drug-likeness (QED) is 0.640. The van der Waals surface area contributed by atoms with Crippen molar-refractivity contribution < 1.29 is 23.8 Å². The minimum atomic E-state index is -0.572. The lowest BCUT2D eigenvalue weighted by Gasteiger charge is -2.29. The molecule has 0 N–H and O–H groups in total. The van der Waals surface area contributed by atoms with E-state index in [9.17, 15) is 9.59 Å². The zero-order valence-electron chi connectivity index (χ0n) is 16.9. The maximum atomic E-state index is 12.3. The highest BCUT2D eigenvalue weighted by molar-refractivity contribution is 5.79. The van der Waals surface area contributed by atoms with E-state index in [1.54, 1.807) is 27.7 Å². The Bertz CT molecular complexity index is 574. The molecule has 0 fully saturated rings. The van der Waals surface area contributed by atoms with Gasteiger partial charge in [0.15, 0.2) is 0 Å². The summed E-state index contributed by atoms with van der Waals surface area (Å²) in [7, 11) is 0. The van der Waals surface area contributed by atoms with Crippen LogP contribution in [0.2, 0.25) is 0 Å². The zero-order chi connectivity index (χ0) is 19.9. The van der Waals surface area contributed by atoms with Crippen LogP contribution in [0, 0.1) is 11.8 Å². The summed E-state index contributed by atoms with van der Waals surface area (Å²) in [5.41, 5.74) is -0.569. The number of rotatable bonds is 8. The van der Waals surface area contributed by atoms with Crippen LogP contribution in [0.4, 0.5) is 0 Å². The standard InChI is InChI=1S/C21H32O5/c1-14(2)19(25-17-11-9-8-10-12-17)16(4)24-20(23)15(3)13-18(22)26-21(5,6)7/h8-12,14-16,19H,13H2,1-7H3/t15-,16-,19-/m0/s1. The molecule has 0 aromatic heterocycles. The fraction of sp³-hybridized carbons (Fsp3) is 0.619. The lowest BCUT2D eigenvalue weighted by Crippen LogP contribution is -2.39. The number of para-hydroxylation sites is 1. The fourth-order valence-corrected chi connectivity index (χ4v) is 2.51. The second-order valence-electron chi connectivity index (χ2n) is 7.97. The molecular weight excluding hydrogens is 332 g/mol. The fourth-order valence-electron chi connectivity index (χ4n) is 2.51. The number of hydrogen-bond donors (Lipinski definition) is 0. The third-order valence-electron chi connectivity index (χ3n) is 3.73. The molecule has 0 bridgehead atoms. The van der Waals surface area contributed by atoms with Crippen LogP contribution in [0.1, 0.15) is 54.9 Å². The molecule has 0 saturated carbocycles. The first-order valence-corrected chi connectivity index (χ1v) is 9.13. The van der Waals surface area contributed by atoms with E-state index < -0.39 is 29.6 Å². The van der Waals surface area contributed by atoms with Crippen molar-refractivity contribution in [3.05, 3.63) is 30.3 Å². The minimum absolute atomic E-state index is 0.00525. The van der Waals surface area contributed by atoms with Gasteiger partial charge in [0.2, 0.25) is 0 Å².